The van der Waals surface area contributed by atoms with Gasteiger partial charge in [0, 0.05) is 15.1 Å². The molecule has 14 heavy (non-hydrogen) atoms. The molecule has 1 rings (SSSR count). The summed E-state index contributed by atoms with van der Waals surface area (Å²) in [5.41, 5.74) is 5.48. The summed E-state index contributed by atoms with van der Waals surface area (Å²) in [6, 6.07) is 9.77. The molecule has 1 aromatic carbocycles. The largest absolute Gasteiger partial charge is 0.316 e. The molecular weight excluding hydrogens is 260 g/mol. The first-order valence-electron chi connectivity index (χ1n) is 4.26. The highest BCUT2D eigenvalue weighted by Gasteiger charge is 2.00. The van der Waals surface area contributed by atoms with E-state index < -0.39 is 0 Å². The fourth-order valence-electron chi connectivity index (χ4n) is 0.925. The van der Waals surface area contributed by atoms with Crippen molar-refractivity contribution in [2.75, 3.05) is 5.75 Å². The van der Waals surface area contributed by atoms with Gasteiger partial charge in [0.15, 0.2) is 0 Å². The number of halogens is 1. The minimum absolute atomic E-state index is 0.338. The zero-order valence-corrected chi connectivity index (χ0v) is 10.0. The van der Waals surface area contributed by atoms with Crippen LogP contribution in [0.2, 0.25) is 0 Å². The zero-order valence-electron chi connectivity index (χ0n) is 7.61. The Labute approximate surface area is 96.6 Å². The first-order valence-corrected chi connectivity index (χ1v) is 6.04. The summed E-state index contributed by atoms with van der Waals surface area (Å²) in [5, 5.41) is 8.48. The predicted octanol–water partition coefficient (Wildman–Crippen LogP) is 2.78. The molecule has 0 aliphatic carbocycles. The van der Waals surface area contributed by atoms with Gasteiger partial charge in [-0.2, -0.15) is 5.26 Å². The van der Waals surface area contributed by atoms with Gasteiger partial charge in [0.25, 0.3) is 0 Å². The van der Waals surface area contributed by atoms with Crippen LogP contribution in [0.25, 0.3) is 0 Å². The van der Waals surface area contributed by atoms with Gasteiger partial charge in [0.1, 0.15) is 0 Å². The normalized spacial score (nSPS) is 12.1. The van der Waals surface area contributed by atoms with Crippen molar-refractivity contribution in [2.45, 2.75) is 17.4 Å². The highest BCUT2D eigenvalue weighted by atomic mass is 79.9. The van der Waals surface area contributed by atoms with Crippen LogP contribution < -0.4 is 5.73 Å². The topological polar surface area (TPSA) is 49.8 Å². The van der Waals surface area contributed by atoms with Crippen molar-refractivity contribution in [1.82, 2.24) is 0 Å². The Hall–Kier alpha value is -0.500. The highest BCUT2D eigenvalue weighted by molar-refractivity contribution is 9.10. The Morgan fingerprint density at radius 3 is 3.00 bits per heavy atom. The molecule has 0 saturated carbocycles. The SMILES string of the molecule is N#CC(N)CCSc1cccc(Br)c1. The van der Waals surface area contributed by atoms with Crippen molar-refractivity contribution in [3.05, 3.63) is 28.7 Å². The van der Waals surface area contributed by atoms with Gasteiger partial charge in [-0.1, -0.05) is 22.0 Å². The molecule has 1 unspecified atom stereocenters. The van der Waals surface area contributed by atoms with Crippen LogP contribution in [0, 0.1) is 11.3 Å². The Balaban J connectivity index is 2.36. The maximum atomic E-state index is 8.48. The van der Waals surface area contributed by atoms with E-state index in [0.29, 0.717) is 0 Å². The van der Waals surface area contributed by atoms with Crippen LogP contribution in [0.4, 0.5) is 0 Å². The van der Waals surface area contributed by atoms with Crippen molar-refractivity contribution in [1.29, 1.82) is 5.26 Å². The molecular formula is C10H11BrN2S. The van der Waals surface area contributed by atoms with Crippen molar-refractivity contribution in [2.24, 2.45) is 5.73 Å². The van der Waals surface area contributed by atoms with E-state index in [1.54, 1.807) is 11.8 Å². The molecule has 0 radical (unpaired) electrons. The highest BCUT2D eigenvalue weighted by Crippen LogP contribution is 2.22. The molecule has 1 aromatic rings. The first kappa shape index (κ1) is 11.6. The third-order valence-electron chi connectivity index (χ3n) is 1.66. The van der Waals surface area contributed by atoms with Gasteiger partial charge >= 0.3 is 0 Å². The van der Waals surface area contributed by atoms with Gasteiger partial charge in [0.2, 0.25) is 0 Å². The van der Waals surface area contributed by atoms with Gasteiger partial charge in [-0.25, -0.2) is 0 Å². The lowest BCUT2D eigenvalue weighted by molar-refractivity contribution is 0.803. The van der Waals surface area contributed by atoms with Crippen LogP contribution in [-0.4, -0.2) is 11.8 Å². The molecule has 0 bridgehead atoms. The molecule has 2 N–H and O–H groups in total. The second-order valence-electron chi connectivity index (χ2n) is 2.83. The number of thioether (sulfide) groups is 1. The first-order chi connectivity index (χ1) is 6.72. The molecule has 0 amide bonds. The molecule has 0 saturated heterocycles. The standard InChI is InChI=1S/C10H11BrN2S/c11-8-2-1-3-10(6-8)14-5-4-9(13)7-12/h1-3,6,9H,4-5,13H2. The number of nitriles is 1. The van der Waals surface area contributed by atoms with E-state index in [9.17, 15) is 0 Å². The van der Waals surface area contributed by atoms with Gasteiger partial charge < -0.3 is 5.73 Å². The summed E-state index contributed by atoms with van der Waals surface area (Å²) in [4.78, 5) is 1.20. The molecule has 0 spiro atoms. The Bertz CT molecular complexity index is 335. The monoisotopic (exact) mass is 270 g/mol. The lowest BCUT2D eigenvalue weighted by Crippen LogP contribution is -2.17. The number of hydrogen-bond acceptors (Lipinski definition) is 3. The fraction of sp³-hybridized carbons (Fsp3) is 0.300. The van der Waals surface area contributed by atoms with Crippen LogP contribution in [0.15, 0.2) is 33.6 Å². The minimum atomic E-state index is -0.338. The number of hydrogen-bond donors (Lipinski definition) is 1. The lowest BCUT2D eigenvalue weighted by atomic mass is 10.3. The Morgan fingerprint density at radius 2 is 2.36 bits per heavy atom. The number of nitrogens with zero attached hydrogens (tertiary/aromatic N) is 1. The van der Waals surface area contributed by atoms with Gasteiger partial charge in [0.05, 0.1) is 12.1 Å². The van der Waals surface area contributed by atoms with Crippen LogP contribution >= 0.6 is 27.7 Å². The van der Waals surface area contributed by atoms with E-state index >= 15 is 0 Å². The van der Waals surface area contributed by atoms with Crippen molar-refractivity contribution >= 4 is 27.7 Å². The van der Waals surface area contributed by atoms with Gasteiger partial charge in [-0.05, 0) is 24.6 Å². The molecule has 0 aromatic heterocycles. The second kappa shape index (κ2) is 6.07. The quantitative estimate of drug-likeness (QED) is 0.857. The van der Waals surface area contributed by atoms with Crippen LogP contribution in [-0.2, 0) is 0 Å². The Kier molecular flexibility index (Phi) is 5.02. The Morgan fingerprint density at radius 1 is 1.57 bits per heavy atom. The lowest BCUT2D eigenvalue weighted by Gasteiger charge is -2.03. The molecule has 74 valence electrons. The summed E-state index contributed by atoms with van der Waals surface area (Å²) in [6.45, 7) is 0. The molecule has 0 aliphatic rings. The van der Waals surface area contributed by atoms with E-state index in [1.807, 2.05) is 24.3 Å². The van der Waals surface area contributed by atoms with Crippen molar-refractivity contribution < 1.29 is 0 Å². The van der Waals surface area contributed by atoms with Gasteiger partial charge in [-0.15, -0.1) is 11.8 Å². The number of nitrogens with two attached hydrogens (primary N) is 1. The summed E-state index contributed by atoms with van der Waals surface area (Å²) < 4.78 is 1.08. The molecule has 0 fully saturated rings. The molecule has 4 heteroatoms. The molecule has 0 heterocycles. The smallest absolute Gasteiger partial charge is 0.0936 e. The van der Waals surface area contributed by atoms with E-state index in [4.69, 9.17) is 11.0 Å². The van der Waals surface area contributed by atoms with E-state index in [1.165, 1.54) is 4.90 Å². The minimum Gasteiger partial charge on any atom is -0.316 e. The van der Waals surface area contributed by atoms with Crippen LogP contribution in [0.3, 0.4) is 0 Å². The van der Waals surface area contributed by atoms with E-state index in [-0.39, 0.29) is 6.04 Å². The fourth-order valence-corrected chi connectivity index (χ4v) is 2.47. The predicted molar refractivity (Wildman–Crippen MR) is 63.1 cm³/mol. The van der Waals surface area contributed by atoms with Crippen LogP contribution in [0.1, 0.15) is 6.42 Å². The third kappa shape index (κ3) is 4.14. The van der Waals surface area contributed by atoms with Crippen molar-refractivity contribution in [3.63, 3.8) is 0 Å². The van der Waals surface area contributed by atoms with Gasteiger partial charge in [-0.3, -0.25) is 0 Å². The third-order valence-corrected chi connectivity index (χ3v) is 3.18. The van der Waals surface area contributed by atoms with E-state index in [2.05, 4.69) is 22.0 Å². The summed E-state index contributed by atoms with van der Waals surface area (Å²) in [5.74, 6) is 0.880. The summed E-state index contributed by atoms with van der Waals surface area (Å²) in [7, 11) is 0. The number of rotatable bonds is 4. The number of benzene rings is 1. The zero-order chi connectivity index (χ0) is 10.4. The second-order valence-corrected chi connectivity index (χ2v) is 4.91. The molecule has 0 aliphatic heterocycles. The molecule has 1 atom stereocenters. The molecule has 2 nitrogen and oxygen atoms in total. The summed E-state index contributed by atoms with van der Waals surface area (Å²) >= 11 is 5.12. The maximum absolute atomic E-state index is 8.48. The van der Waals surface area contributed by atoms with Crippen molar-refractivity contribution in [3.8, 4) is 6.07 Å². The maximum Gasteiger partial charge on any atom is 0.0936 e. The average Bonchev–Trinajstić information content (AvgIpc) is 2.17. The van der Waals surface area contributed by atoms with Crippen LogP contribution in [0.5, 0.6) is 0 Å². The average molecular weight is 271 g/mol. The summed E-state index contributed by atoms with van der Waals surface area (Å²) in [6.07, 6.45) is 0.730. The van der Waals surface area contributed by atoms with E-state index in [0.717, 1.165) is 16.6 Å².